The minimum Gasteiger partial charge on any atom is -0.542 e. The number of carbonyl (C=O) groups excluding carboxylic acids is 1. The summed E-state index contributed by atoms with van der Waals surface area (Å²) in [5.41, 5.74) is 2.86. The van der Waals surface area contributed by atoms with Crippen LogP contribution in [0.25, 0.3) is 0 Å². The number of hydrogen-bond donors (Lipinski definition) is 1. The molecule has 0 spiro atoms. The highest BCUT2D eigenvalue weighted by molar-refractivity contribution is 7.91. The van der Waals surface area contributed by atoms with E-state index in [0.29, 0.717) is 29.9 Å². The van der Waals surface area contributed by atoms with E-state index in [2.05, 4.69) is 13.8 Å². The maximum absolute atomic E-state index is 14.0. The normalized spacial score (nSPS) is 18.2. The lowest BCUT2D eigenvalue weighted by molar-refractivity contribution is -0.671. The molecule has 0 saturated carbocycles. The van der Waals surface area contributed by atoms with Gasteiger partial charge in [0.25, 0.3) is 0 Å². The predicted octanol–water partition coefficient (Wildman–Crippen LogP) is 5.10. The van der Waals surface area contributed by atoms with E-state index in [0.717, 1.165) is 48.2 Å². The smallest absolute Gasteiger partial charge is 0.430 e. The van der Waals surface area contributed by atoms with Crippen LogP contribution in [-0.2, 0) is 28.3 Å². The number of alkyl halides is 3. The Balaban J connectivity index is 0.000000771. The van der Waals surface area contributed by atoms with Crippen LogP contribution < -0.4 is 19.3 Å². The summed E-state index contributed by atoms with van der Waals surface area (Å²) in [6.07, 6.45) is 2.99. The molecule has 8 nitrogen and oxygen atoms in total. The predicted molar refractivity (Wildman–Crippen MR) is 172 cm³/mol. The third-order valence-corrected chi connectivity index (χ3v) is 10.6. The number of aromatic nitrogens is 1. The van der Waals surface area contributed by atoms with Crippen LogP contribution in [0, 0.1) is 5.41 Å². The summed E-state index contributed by atoms with van der Waals surface area (Å²) in [6, 6.07) is 17.5. The highest BCUT2D eigenvalue weighted by atomic mass is 32.2. The first kappa shape index (κ1) is 37.8. The number of unbranched alkanes of at least 4 members (excludes halogenated alkanes) is 2. The van der Waals surface area contributed by atoms with Crippen LogP contribution in [0.5, 0.6) is 5.75 Å². The van der Waals surface area contributed by atoms with E-state index in [4.69, 9.17) is 14.6 Å². The van der Waals surface area contributed by atoms with E-state index < -0.39 is 39.4 Å². The van der Waals surface area contributed by atoms with E-state index in [1.54, 1.807) is 6.07 Å². The van der Waals surface area contributed by atoms with Gasteiger partial charge >= 0.3 is 6.18 Å². The topological polar surface area (TPSA) is 111 Å². The van der Waals surface area contributed by atoms with Gasteiger partial charge in [0.05, 0.1) is 16.8 Å². The second-order valence-corrected chi connectivity index (χ2v) is 14.3. The van der Waals surface area contributed by atoms with Crippen molar-refractivity contribution in [2.24, 2.45) is 12.5 Å². The number of halogens is 3. The molecule has 0 radical (unpaired) electrons. The fourth-order valence-corrected chi connectivity index (χ4v) is 8.15. The van der Waals surface area contributed by atoms with Crippen molar-refractivity contribution in [1.82, 2.24) is 0 Å². The van der Waals surface area contributed by atoms with Crippen molar-refractivity contribution in [3.63, 3.8) is 0 Å². The Morgan fingerprint density at radius 2 is 1.57 bits per heavy atom. The lowest BCUT2D eigenvalue weighted by atomic mass is 9.68. The van der Waals surface area contributed by atoms with Crippen LogP contribution in [0.15, 0.2) is 71.9 Å². The zero-order valence-electron chi connectivity index (χ0n) is 27.6. The summed E-state index contributed by atoms with van der Waals surface area (Å²) in [5, 5.41) is 21.1. The quantitative estimate of drug-likeness (QED) is 0.281. The number of ether oxygens (including phenoxy) is 1. The first-order valence-corrected chi connectivity index (χ1v) is 17.4. The molecule has 1 N–H and O–H groups in total. The Morgan fingerprint density at radius 1 is 1.02 bits per heavy atom. The van der Waals surface area contributed by atoms with Gasteiger partial charge in [0.15, 0.2) is 22.2 Å². The number of aryl methyl sites for hydroxylation is 1. The zero-order chi connectivity index (χ0) is 35.0. The number of carbonyl (C=O) groups is 1. The Bertz CT molecular complexity index is 1570. The van der Waals surface area contributed by atoms with Crippen molar-refractivity contribution in [3.8, 4) is 5.75 Å². The third kappa shape index (κ3) is 9.70. The second-order valence-electron chi connectivity index (χ2n) is 12.4. The zero-order valence-corrected chi connectivity index (χ0v) is 28.4. The molecule has 0 amide bonds. The molecule has 0 saturated heterocycles. The van der Waals surface area contributed by atoms with Gasteiger partial charge in [-0.2, -0.15) is 13.2 Å². The molecular formula is C35H45F3N2O6S. The molecule has 47 heavy (non-hydrogen) atoms. The summed E-state index contributed by atoms with van der Waals surface area (Å²) < 4.78 is 67.6. The molecule has 0 fully saturated rings. The van der Waals surface area contributed by atoms with Crippen LogP contribution in [0.3, 0.4) is 0 Å². The highest BCUT2D eigenvalue weighted by Gasteiger charge is 2.49. The lowest BCUT2D eigenvalue weighted by Gasteiger charge is -2.40. The fourth-order valence-electron chi connectivity index (χ4n) is 5.96. The number of fused-ring (bicyclic) bond motifs is 1. The number of pyridine rings is 1. The molecular weight excluding hydrogens is 633 g/mol. The second kappa shape index (κ2) is 16.0. The van der Waals surface area contributed by atoms with E-state index in [-0.39, 0.29) is 5.75 Å². The van der Waals surface area contributed by atoms with Gasteiger partial charge in [-0.3, -0.25) is 0 Å². The highest BCUT2D eigenvalue weighted by Crippen LogP contribution is 2.50. The first-order valence-electron chi connectivity index (χ1n) is 15.7. The number of anilines is 1. The minimum absolute atomic E-state index is 0.0258. The van der Waals surface area contributed by atoms with E-state index in [1.807, 2.05) is 91.5 Å². The fraction of sp³-hybridized carbons (Fsp3) is 0.486. The number of hydrogen-bond acceptors (Lipinski definition) is 7. The van der Waals surface area contributed by atoms with Gasteiger partial charge in [-0.1, -0.05) is 51.7 Å². The molecule has 12 heteroatoms. The monoisotopic (exact) mass is 678 g/mol. The molecule has 2 heterocycles. The third-order valence-electron chi connectivity index (χ3n) is 8.58. The van der Waals surface area contributed by atoms with Gasteiger partial charge in [0.2, 0.25) is 0 Å². The average Bonchev–Trinajstić information content (AvgIpc) is 3.09. The van der Waals surface area contributed by atoms with Gasteiger partial charge in [-0.05, 0) is 54.3 Å². The Kier molecular flexibility index (Phi) is 12.8. The number of aliphatic hydroxyl groups excluding tert-OH is 1. The molecule has 258 valence electrons. The molecule has 2 atom stereocenters. The first-order chi connectivity index (χ1) is 22.0. The van der Waals surface area contributed by atoms with Crippen LogP contribution in [0.2, 0.25) is 0 Å². The Hall–Kier alpha value is -3.64. The molecule has 1 aromatic heterocycles. The molecule has 3 aromatic rings. The number of carboxylic acids is 1. The van der Waals surface area contributed by atoms with Crippen molar-refractivity contribution in [2.45, 2.75) is 82.1 Å². The summed E-state index contributed by atoms with van der Waals surface area (Å²) in [7, 11) is 2.26. The molecule has 1 aliphatic rings. The Labute approximate surface area is 275 Å². The minimum atomic E-state index is -5.19. The van der Waals surface area contributed by atoms with Crippen LogP contribution in [-0.4, -0.2) is 51.6 Å². The molecule has 4 rings (SSSR count). The number of carboxylic acid groups (broad SMARTS) is 1. The van der Waals surface area contributed by atoms with Crippen molar-refractivity contribution in [3.05, 3.63) is 83.7 Å². The van der Waals surface area contributed by atoms with Crippen LogP contribution >= 0.6 is 0 Å². The SMILES string of the molecule is CCCCC1(CCCC)CS(=O)(=O)c2ccc(N(C)C)cc2[C@@H](c2ccc(OCc3cc[n+](C)cc3)cc2)[C@H]1O.O=C([O-])C(F)(F)F. The van der Waals surface area contributed by atoms with E-state index in [9.17, 15) is 26.7 Å². The standard InChI is InChI=1S/C33H45N2O4S.C2HF3O2/c1-6-8-18-33(19-9-7-2)24-40(37,38)30-15-12-27(34(3)4)22-29(30)31(32(33)36)26-10-13-28(14-11-26)39-23-25-16-20-35(5)21-17-25;3-2(4,5)1(6)7/h10-17,20-22,31-32,36H,6-9,18-19,23-24H2,1-5H3;(H,6,7)/q+1;/p-1/t31-,32-;/m1./s1. The Morgan fingerprint density at radius 3 is 2.06 bits per heavy atom. The molecule has 0 unspecified atom stereocenters. The van der Waals surface area contributed by atoms with Gasteiger partial charge in [-0.25, -0.2) is 13.0 Å². The van der Waals surface area contributed by atoms with Gasteiger partial charge in [0, 0.05) is 48.8 Å². The number of sulfone groups is 1. The van der Waals surface area contributed by atoms with Crippen LogP contribution in [0.4, 0.5) is 18.9 Å². The van der Waals surface area contributed by atoms with Crippen molar-refractivity contribution >= 4 is 21.5 Å². The number of benzene rings is 2. The van der Waals surface area contributed by atoms with E-state index >= 15 is 0 Å². The summed E-state index contributed by atoms with van der Waals surface area (Å²) in [4.78, 5) is 11.1. The maximum Gasteiger partial charge on any atom is 0.430 e. The molecule has 0 bridgehead atoms. The number of aliphatic carboxylic acids is 1. The lowest BCUT2D eigenvalue weighted by Crippen LogP contribution is -2.43. The van der Waals surface area contributed by atoms with Crippen molar-refractivity contribution in [1.29, 1.82) is 0 Å². The average molecular weight is 679 g/mol. The van der Waals surface area contributed by atoms with Gasteiger partial charge in [-0.15, -0.1) is 0 Å². The number of aliphatic hydroxyl groups is 1. The van der Waals surface area contributed by atoms with E-state index in [1.165, 1.54) is 0 Å². The van der Waals surface area contributed by atoms with Gasteiger partial charge < -0.3 is 24.6 Å². The molecule has 0 aliphatic carbocycles. The maximum atomic E-state index is 14.0. The number of rotatable bonds is 11. The van der Waals surface area contributed by atoms with Gasteiger partial charge in [0.1, 0.15) is 25.4 Å². The van der Waals surface area contributed by atoms with Crippen molar-refractivity contribution < 1.29 is 45.9 Å². The van der Waals surface area contributed by atoms with Crippen LogP contribution in [0.1, 0.15) is 75.0 Å². The number of nitrogens with zero attached hydrogens (tertiary/aromatic N) is 2. The largest absolute Gasteiger partial charge is 0.542 e. The summed E-state index contributed by atoms with van der Waals surface area (Å²) in [6.45, 7) is 4.69. The summed E-state index contributed by atoms with van der Waals surface area (Å²) >= 11 is 0. The van der Waals surface area contributed by atoms with Crippen molar-refractivity contribution in [2.75, 3.05) is 24.7 Å². The molecule has 2 aromatic carbocycles. The summed E-state index contributed by atoms with van der Waals surface area (Å²) in [5.74, 6) is -2.77. The molecule has 1 aliphatic heterocycles.